The van der Waals surface area contributed by atoms with Crippen LogP contribution in [0.1, 0.15) is 40.4 Å². The van der Waals surface area contributed by atoms with Crippen molar-refractivity contribution in [3.05, 3.63) is 70.4 Å². The van der Waals surface area contributed by atoms with E-state index in [0.717, 1.165) is 9.25 Å². The van der Waals surface area contributed by atoms with Crippen LogP contribution in [-0.2, 0) is 17.5 Å². The molecule has 244 valence electrons. The number of halogens is 4. The third kappa shape index (κ3) is 8.39. The molecule has 1 atom stereocenters. The standard InChI is InChI=1S/C29H39ClF3N9O2Si/c1-27(2,3)45(6,7)44-23(29(31,32)33)15-40-25(19-8-10-20(30)11-9-19)39-41(26(40)43)16-24-37-18-42(38-24)22-14-35-13-12-21(22)36-17-28(4,5)34/h8-14,18,23H,15-17,34H2,1-7H3,(H,35,36)/t23-/m0/s1. The summed E-state index contributed by atoms with van der Waals surface area (Å²) < 4.78 is 52.6. The Kier molecular flexibility index (Phi) is 9.69. The minimum Gasteiger partial charge on any atom is -0.404 e. The molecular formula is C29H39ClF3N9O2Si. The fraction of sp³-hybridized carbons (Fsp3) is 0.483. The lowest BCUT2D eigenvalue weighted by Crippen LogP contribution is -2.50. The molecule has 4 aromatic rings. The van der Waals surface area contributed by atoms with Crippen LogP contribution in [0.5, 0.6) is 0 Å². The Labute approximate surface area is 265 Å². The van der Waals surface area contributed by atoms with Gasteiger partial charge >= 0.3 is 11.9 Å². The Morgan fingerprint density at radius 3 is 2.33 bits per heavy atom. The number of hydrogen-bond donors (Lipinski definition) is 2. The first-order chi connectivity index (χ1) is 20.7. The molecular weight excluding hydrogens is 627 g/mol. The Balaban J connectivity index is 1.71. The molecule has 0 saturated heterocycles. The number of pyridine rings is 1. The zero-order valence-electron chi connectivity index (χ0n) is 26.4. The van der Waals surface area contributed by atoms with E-state index in [1.54, 1.807) is 55.8 Å². The van der Waals surface area contributed by atoms with Crippen LogP contribution in [0, 0.1) is 0 Å². The lowest BCUT2D eigenvalue weighted by molar-refractivity contribution is -0.202. The maximum Gasteiger partial charge on any atom is 0.415 e. The molecule has 1 aromatic carbocycles. The maximum absolute atomic E-state index is 14.4. The molecule has 3 N–H and O–H groups in total. The molecule has 0 saturated carbocycles. The molecule has 3 heterocycles. The zero-order valence-corrected chi connectivity index (χ0v) is 28.1. The lowest BCUT2D eigenvalue weighted by Gasteiger charge is -2.39. The number of alkyl halides is 3. The van der Waals surface area contributed by atoms with Gasteiger partial charge in [-0.3, -0.25) is 9.55 Å². The summed E-state index contributed by atoms with van der Waals surface area (Å²) in [7, 11) is -2.88. The molecule has 16 heteroatoms. The van der Waals surface area contributed by atoms with Crippen molar-refractivity contribution in [3.8, 4) is 17.1 Å². The van der Waals surface area contributed by atoms with Crippen LogP contribution in [0.2, 0.25) is 23.2 Å². The largest absolute Gasteiger partial charge is 0.415 e. The molecule has 4 rings (SSSR count). The maximum atomic E-state index is 14.4. The summed E-state index contributed by atoms with van der Waals surface area (Å²) in [5.74, 6) is 0.246. The summed E-state index contributed by atoms with van der Waals surface area (Å²) in [5.41, 5.74) is 6.59. The van der Waals surface area contributed by atoms with Crippen LogP contribution < -0.4 is 16.7 Å². The first-order valence-electron chi connectivity index (χ1n) is 14.3. The number of anilines is 1. The third-order valence-corrected chi connectivity index (χ3v) is 12.3. The fourth-order valence-electron chi connectivity index (χ4n) is 4.09. The van der Waals surface area contributed by atoms with Crippen molar-refractivity contribution >= 4 is 25.6 Å². The summed E-state index contributed by atoms with van der Waals surface area (Å²) in [4.78, 5) is 22.2. The van der Waals surface area contributed by atoms with Crippen molar-refractivity contribution in [2.24, 2.45) is 5.73 Å². The van der Waals surface area contributed by atoms with Gasteiger partial charge < -0.3 is 15.5 Å². The van der Waals surface area contributed by atoms with Crippen molar-refractivity contribution in [2.45, 2.75) is 83.7 Å². The minimum absolute atomic E-state index is 0.0346. The summed E-state index contributed by atoms with van der Waals surface area (Å²) >= 11 is 6.06. The predicted octanol–water partition coefficient (Wildman–Crippen LogP) is 5.49. The average molecular weight is 666 g/mol. The van der Waals surface area contributed by atoms with Crippen LogP contribution in [0.15, 0.2) is 53.8 Å². The Morgan fingerprint density at radius 1 is 1.07 bits per heavy atom. The van der Waals surface area contributed by atoms with Gasteiger partial charge in [0, 0.05) is 28.9 Å². The number of hydrogen-bond acceptors (Lipinski definition) is 8. The number of nitrogens with zero attached hydrogens (tertiary/aromatic N) is 7. The monoisotopic (exact) mass is 665 g/mol. The van der Waals surface area contributed by atoms with Gasteiger partial charge in [-0.15, -0.1) is 10.2 Å². The number of aromatic nitrogens is 7. The fourth-order valence-corrected chi connectivity index (χ4v) is 5.49. The van der Waals surface area contributed by atoms with E-state index in [9.17, 15) is 18.0 Å². The molecule has 0 aliphatic rings. The summed E-state index contributed by atoms with van der Waals surface area (Å²) in [6.45, 7) is 12.3. The molecule has 3 aromatic heterocycles. The summed E-state index contributed by atoms with van der Waals surface area (Å²) in [5, 5.41) is 12.1. The van der Waals surface area contributed by atoms with E-state index in [-0.39, 0.29) is 18.2 Å². The van der Waals surface area contributed by atoms with E-state index in [0.29, 0.717) is 28.5 Å². The second-order valence-electron chi connectivity index (χ2n) is 13.1. The molecule has 0 aliphatic heterocycles. The number of nitrogens with one attached hydrogen (secondary N) is 1. The van der Waals surface area contributed by atoms with Crippen LogP contribution in [0.3, 0.4) is 0 Å². The second kappa shape index (κ2) is 12.7. The van der Waals surface area contributed by atoms with Gasteiger partial charge in [0.25, 0.3) is 0 Å². The highest BCUT2D eigenvalue weighted by Gasteiger charge is 2.48. The molecule has 0 spiro atoms. The van der Waals surface area contributed by atoms with Gasteiger partial charge in [-0.1, -0.05) is 32.4 Å². The lowest BCUT2D eigenvalue weighted by atomic mass is 10.1. The quantitative estimate of drug-likeness (QED) is 0.201. The zero-order chi connectivity index (χ0) is 33.4. The molecule has 0 unspecified atom stereocenters. The Bertz CT molecular complexity index is 1670. The van der Waals surface area contributed by atoms with Crippen molar-refractivity contribution in [2.75, 3.05) is 11.9 Å². The summed E-state index contributed by atoms with van der Waals surface area (Å²) in [6.07, 6.45) is -2.28. The minimum atomic E-state index is -4.73. The van der Waals surface area contributed by atoms with E-state index < -0.39 is 43.4 Å². The number of nitrogens with two attached hydrogens (primary N) is 1. The second-order valence-corrected chi connectivity index (χ2v) is 18.3. The molecule has 0 aliphatic carbocycles. The highest BCUT2D eigenvalue weighted by Crippen LogP contribution is 2.40. The first kappa shape index (κ1) is 34.3. The van der Waals surface area contributed by atoms with E-state index in [4.69, 9.17) is 21.8 Å². The van der Waals surface area contributed by atoms with Crippen molar-refractivity contribution in [1.29, 1.82) is 0 Å². The van der Waals surface area contributed by atoms with E-state index in [1.807, 2.05) is 34.6 Å². The first-order valence-corrected chi connectivity index (χ1v) is 17.6. The van der Waals surface area contributed by atoms with E-state index in [2.05, 4.69) is 25.5 Å². The van der Waals surface area contributed by atoms with Crippen LogP contribution >= 0.6 is 11.6 Å². The van der Waals surface area contributed by atoms with Crippen molar-refractivity contribution < 1.29 is 17.6 Å². The van der Waals surface area contributed by atoms with E-state index in [1.165, 1.54) is 11.0 Å². The van der Waals surface area contributed by atoms with Crippen LogP contribution in [0.25, 0.3) is 17.1 Å². The van der Waals surface area contributed by atoms with Crippen molar-refractivity contribution in [3.63, 3.8) is 0 Å². The van der Waals surface area contributed by atoms with Gasteiger partial charge in [0.1, 0.15) is 18.6 Å². The van der Waals surface area contributed by atoms with Gasteiger partial charge in [0.15, 0.2) is 26.1 Å². The molecule has 45 heavy (non-hydrogen) atoms. The van der Waals surface area contributed by atoms with Crippen molar-refractivity contribution in [1.82, 2.24) is 34.1 Å². The smallest absolute Gasteiger partial charge is 0.404 e. The van der Waals surface area contributed by atoms with Gasteiger partial charge in [-0.05, 0) is 62.3 Å². The van der Waals surface area contributed by atoms with Gasteiger partial charge in [-0.25, -0.2) is 19.1 Å². The van der Waals surface area contributed by atoms with Gasteiger partial charge in [0.2, 0.25) is 0 Å². The van der Waals surface area contributed by atoms with E-state index >= 15 is 0 Å². The van der Waals surface area contributed by atoms with Crippen LogP contribution in [-0.4, -0.2) is 66.8 Å². The average Bonchev–Trinajstić information content (AvgIpc) is 3.51. The Hall–Kier alpha value is -3.53. The number of rotatable bonds is 11. The SMILES string of the molecule is CC(C)(N)CNc1ccncc1-n1cnc(Cn2nc(-c3ccc(Cl)cc3)n(C[C@H](O[Si](C)(C)C(C)(C)C)C(F)(F)F)c2=O)n1. The Morgan fingerprint density at radius 2 is 1.73 bits per heavy atom. The van der Waals surface area contributed by atoms with Crippen LogP contribution in [0.4, 0.5) is 18.9 Å². The highest BCUT2D eigenvalue weighted by atomic mass is 35.5. The van der Waals surface area contributed by atoms with Gasteiger partial charge in [-0.2, -0.15) is 13.2 Å². The third-order valence-electron chi connectivity index (χ3n) is 7.59. The number of benzene rings is 1. The highest BCUT2D eigenvalue weighted by molar-refractivity contribution is 6.74. The topological polar surface area (TPSA) is 131 Å². The molecule has 0 bridgehead atoms. The van der Waals surface area contributed by atoms with Gasteiger partial charge in [0.05, 0.1) is 18.4 Å². The molecule has 11 nitrogen and oxygen atoms in total. The molecule has 0 radical (unpaired) electrons. The normalized spacial score (nSPS) is 13.7. The predicted molar refractivity (Wildman–Crippen MR) is 170 cm³/mol. The summed E-state index contributed by atoms with van der Waals surface area (Å²) in [6, 6.07) is 8.11. The molecule has 0 fully saturated rings. The molecule has 0 amide bonds.